The Morgan fingerprint density at radius 2 is 1.77 bits per heavy atom. The number of ether oxygens (including phenoxy) is 1. The molecule has 2 aliphatic rings. The van der Waals surface area contributed by atoms with Gasteiger partial charge in [0, 0.05) is 37.2 Å². The summed E-state index contributed by atoms with van der Waals surface area (Å²) in [5.41, 5.74) is 1.25. The number of hydrogen-bond acceptors (Lipinski definition) is 5. The quantitative estimate of drug-likeness (QED) is 0.648. The van der Waals surface area contributed by atoms with Crippen LogP contribution in [0.1, 0.15) is 46.0 Å². The zero-order valence-corrected chi connectivity index (χ0v) is 18.3. The van der Waals surface area contributed by atoms with Crippen LogP contribution >= 0.6 is 0 Å². The molecule has 2 aromatic rings. The fourth-order valence-electron chi connectivity index (χ4n) is 4.83. The van der Waals surface area contributed by atoms with Gasteiger partial charge < -0.3 is 14.9 Å². The predicted molar refractivity (Wildman–Crippen MR) is 117 cm³/mol. The van der Waals surface area contributed by atoms with Gasteiger partial charge in [-0.1, -0.05) is 32.0 Å². The van der Waals surface area contributed by atoms with Gasteiger partial charge in [0.2, 0.25) is 0 Å². The molecule has 2 N–H and O–H groups in total. The minimum absolute atomic E-state index is 0.499. The summed E-state index contributed by atoms with van der Waals surface area (Å²) in [5, 5.41) is 20.6. The van der Waals surface area contributed by atoms with Gasteiger partial charge in [-0.3, -0.25) is 9.58 Å². The number of hydrogen-bond donors (Lipinski definition) is 2. The van der Waals surface area contributed by atoms with E-state index in [0.717, 1.165) is 31.7 Å². The van der Waals surface area contributed by atoms with Crippen LogP contribution < -0.4 is 0 Å². The first kappa shape index (κ1) is 23.2. The summed E-state index contributed by atoms with van der Waals surface area (Å²) in [6, 6.07) is 9.97. The van der Waals surface area contributed by atoms with Gasteiger partial charge in [-0.15, -0.1) is 0 Å². The number of rotatable bonds is 7. The smallest absolute Gasteiger partial charge is 0.414 e. The Bertz CT molecular complexity index is 857. The van der Waals surface area contributed by atoms with Gasteiger partial charge in [-0.2, -0.15) is 5.10 Å². The van der Waals surface area contributed by atoms with Crippen molar-refractivity contribution in [2.24, 2.45) is 5.92 Å². The maximum Gasteiger partial charge on any atom is 0.414 e. The lowest BCUT2D eigenvalue weighted by Crippen LogP contribution is -2.47. The topological polar surface area (TPSA) is 105 Å². The van der Waals surface area contributed by atoms with Gasteiger partial charge in [0.15, 0.2) is 0 Å². The molecule has 8 heteroatoms. The Balaban J connectivity index is 0.000000401. The molecule has 31 heavy (non-hydrogen) atoms. The Kier molecular flexibility index (Phi) is 8.03. The van der Waals surface area contributed by atoms with Crippen LogP contribution in [0.25, 0.3) is 10.9 Å². The molecule has 1 aromatic heterocycles. The SMILES string of the molecule is CCCOC1CC2CCC(C1)N2C[C@@H](C)Cn1ncc2ccccc21.O=C(O)C(=O)O. The van der Waals surface area contributed by atoms with E-state index in [-0.39, 0.29) is 0 Å². The maximum absolute atomic E-state index is 9.10. The highest BCUT2D eigenvalue weighted by molar-refractivity contribution is 6.27. The van der Waals surface area contributed by atoms with Crippen LogP contribution in [0.4, 0.5) is 0 Å². The first-order valence-electron chi connectivity index (χ1n) is 11.1. The molecular weight excluding hydrogens is 398 g/mol. The van der Waals surface area contributed by atoms with E-state index in [1.165, 1.54) is 43.1 Å². The monoisotopic (exact) mass is 431 g/mol. The standard InChI is InChI=1S/C21H31N3O.C2H2O4/c1-3-10-25-20-11-18-8-9-19(12-20)23(18)14-16(2)15-24-21-7-5-4-6-17(21)13-22-24;3-1(4)2(5)6/h4-7,13,16,18-20H,3,8-12,14-15H2,1-2H3;(H,3,4)(H,5,6)/t16-,18?,19?,20?;/m1./s1. The normalized spacial score (nSPS) is 23.9. The first-order chi connectivity index (χ1) is 14.9. The predicted octanol–water partition coefficient (Wildman–Crippen LogP) is 3.25. The highest BCUT2D eigenvalue weighted by Crippen LogP contribution is 2.37. The molecule has 3 atom stereocenters. The van der Waals surface area contributed by atoms with Crippen LogP contribution in [0.3, 0.4) is 0 Å². The second-order valence-electron chi connectivity index (χ2n) is 8.65. The molecule has 2 bridgehead atoms. The molecule has 170 valence electrons. The highest BCUT2D eigenvalue weighted by atomic mass is 16.5. The number of fused-ring (bicyclic) bond motifs is 3. The summed E-state index contributed by atoms with van der Waals surface area (Å²) in [5.74, 6) is -3.04. The van der Waals surface area contributed by atoms with Crippen LogP contribution in [-0.2, 0) is 20.9 Å². The lowest BCUT2D eigenvalue weighted by Gasteiger charge is -2.40. The van der Waals surface area contributed by atoms with E-state index in [1.807, 2.05) is 6.20 Å². The van der Waals surface area contributed by atoms with Gasteiger partial charge in [-0.25, -0.2) is 9.59 Å². The van der Waals surface area contributed by atoms with E-state index < -0.39 is 11.9 Å². The molecule has 0 amide bonds. The summed E-state index contributed by atoms with van der Waals surface area (Å²) in [6.45, 7) is 7.68. The van der Waals surface area contributed by atoms with Crippen LogP contribution in [0.2, 0.25) is 0 Å². The first-order valence-corrected chi connectivity index (χ1v) is 11.1. The lowest BCUT2D eigenvalue weighted by atomic mass is 9.98. The minimum atomic E-state index is -1.82. The van der Waals surface area contributed by atoms with E-state index in [9.17, 15) is 0 Å². The Morgan fingerprint density at radius 3 is 2.39 bits per heavy atom. The van der Waals surface area contributed by atoms with Gasteiger partial charge in [0.05, 0.1) is 17.8 Å². The van der Waals surface area contributed by atoms with Crippen LogP contribution in [0.15, 0.2) is 30.5 Å². The number of carboxylic acids is 2. The van der Waals surface area contributed by atoms with Crippen molar-refractivity contribution in [2.75, 3.05) is 13.2 Å². The molecule has 2 unspecified atom stereocenters. The second kappa shape index (κ2) is 10.7. The molecular formula is C23H33N3O5. The Hall–Kier alpha value is -2.45. The fourth-order valence-corrected chi connectivity index (χ4v) is 4.83. The number of para-hydroxylation sites is 1. The van der Waals surface area contributed by atoms with Crippen molar-refractivity contribution >= 4 is 22.8 Å². The summed E-state index contributed by atoms with van der Waals surface area (Å²) in [7, 11) is 0. The van der Waals surface area contributed by atoms with Crippen molar-refractivity contribution < 1.29 is 24.5 Å². The van der Waals surface area contributed by atoms with E-state index in [2.05, 4.69) is 52.8 Å². The van der Waals surface area contributed by atoms with Crippen molar-refractivity contribution in [1.82, 2.24) is 14.7 Å². The van der Waals surface area contributed by atoms with E-state index in [1.54, 1.807) is 0 Å². The number of carbonyl (C=O) groups is 2. The molecule has 0 radical (unpaired) electrons. The van der Waals surface area contributed by atoms with E-state index in [4.69, 9.17) is 24.5 Å². The minimum Gasteiger partial charge on any atom is -0.473 e. The third-order valence-electron chi connectivity index (χ3n) is 6.14. The number of piperidine rings is 1. The second-order valence-corrected chi connectivity index (χ2v) is 8.65. The molecule has 2 aliphatic heterocycles. The molecule has 1 aromatic carbocycles. The number of benzene rings is 1. The largest absolute Gasteiger partial charge is 0.473 e. The Labute approximate surface area is 182 Å². The van der Waals surface area contributed by atoms with Crippen molar-refractivity contribution in [2.45, 2.75) is 70.7 Å². The van der Waals surface area contributed by atoms with E-state index in [0.29, 0.717) is 12.0 Å². The molecule has 0 saturated carbocycles. The van der Waals surface area contributed by atoms with Gasteiger partial charge in [0.25, 0.3) is 0 Å². The number of aliphatic carboxylic acids is 2. The highest BCUT2D eigenvalue weighted by Gasteiger charge is 2.41. The molecule has 0 spiro atoms. The van der Waals surface area contributed by atoms with Gasteiger partial charge in [0.1, 0.15) is 0 Å². The Morgan fingerprint density at radius 1 is 1.13 bits per heavy atom. The fraction of sp³-hybridized carbons (Fsp3) is 0.609. The maximum atomic E-state index is 9.10. The van der Waals surface area contributed by atoms with Gasteiger partial charge >= 0.3 is 11.9 Å². The summed E-state index contributed by atoms with van der Waals surface area (Å²) in [4.78, 5) is 21.0. The molecule has 2 fully saturated rings. The number of carboxylic acid groups (broad SMARTS) is 2. The molecule has 2 saturated heterocycles. The average molecular weight is 432 g/mol. The van der Waals surface area contributed by atoms with Crippen molar-refractivity contribution in [3.05, 3.63) is 30.5 Å². The molecule has 0 aliphatic carbocycles. The van der Waals surface area contributed by atoms with Crippen molar-refractivity contribution in [3.8, 4) is 0 Å². The van der Waals surface area contributed by atoms with Crippen molar-refractivity contribution in [3.63, 3.8) is 0 Å². The molecule has 8 nitrogen and oxygen atoms in total. The van der Waals surface area contributed by atoms with Crippen LogP contribution in [0.5, 0.6) is 0 Å². The number of aromatic nitrogens is 2. The van der Waals surface area contributed by atoms with Crippen molar-refractivity contribution in [1.29, 1.82) is 0 Å². The summed E-state index contributed by atoms with van der Waals surface area (Å²) >= 11 is 0. The van der Waals surface area contributed by atoms with E-state index >= 15 is 0 Å². The van der Waals surface area contributed by atoms with Crippen LogP contribution in [-0.4, -0.2) is 68.2 Å². The number of nitrogens with zero attached hydrogens (tertiary/aromatic N) is 3. The summed E-state index contributed by atoms with van der Waals surface area (Å²) in [6.07, 6.45) is 8.79. The summed E-state index contributed by atoms with van der Waals surface area (Å²) < 4.78 is 8.24. The third-order valence-corrected chi connectivity index (χ3v) is 6.14. The molecule has 3 heterocycles. The lowest BCUT2D eigenvalue weighted by molar-refractivity contribution is -0.159. The zero-order chi connectivity index (χ0) is 22.4. The van der Waals surface area contributed by atoms with Crippen LogP contribution in [0, 0.1) is 5.92 Å². The molecule has 4 rings (SSSR count). The van der Waals surface area contributed by atoms with Gasteiger partial charge in [-0.05, 0) is 44.1 Å². The zero-order valence-electron chi connectivity index (χ0n) is 18.3. The third kappa shape index (κ3) is 6.04. The average Bonchev–Trinajstić information content (AvgIpc) is 3.23.